The van der Waals surface area contributed by atoms with Crippen LogP contribution in [0.5, 0.6) is 0 Å². The molecule has 0 saturated carbocycles. The lowest BCUT2D eigenvalue weighted by Crippen LogP contribution is -2.25. The normalized spacial score (nSPS) is 12.9. The summed E-state index contributed by atoms with van der Waals surface area (Å²) in [6.07, 6.45) is 0.437. The molecule has 0 radical (unpaired) electrons. The van der Waals surface area contributed by atoms with Gasteiger partial charge < -0.3 is 16.2 Å². The highest BCUT2D eigenvalue weighted by molar-refractivity contribution is 5.39. The van der Waals surface area contributed by atoms with Gasteiger partial charge in [0.15, 0.2) is 11.6 Å². The van der Waals surface area contributed by atoms with Gasteiger partial charge in [0.2, 0.25) is 5.95 Å². The van der Waals surface area contributed by atoms with Gasteiger partial charge in [-0.1, -0.05) is 13.8 Å². The maximum Gasteiger partial charge on any atom is 0.222 e. The molecule has 0 aliphatic rings. The molecule has 0 saturated heterocycles. The summed E-state index contributed by atoms with van der Waals surface area (Å²) in [7, 11) is 0. The predicted octanol–water partition coefficient (Wildman–Crippen LogP) is 0.627. The maximum atomic E-state index is 13.1. The highest BCUT2D eigenvalue weighted by Gasteiger charge is 2.11. The van der Waals surface area contributed by atoms with E-state index in [1.807, 2.05) is 13.8 Å². The molecule has 0 amide bonds. The molecule has 0 fully saturated rings. The number of anilines is 2. The zero-order valence-corrected chi connectivity index (χ0v) is 8.74. The lowest BCUT2D eigenvalue weighted by atomic mass is 10.1. The Hall–Kier alpha value is -1.43. The van der Waals surface area contributed by atoms with Crippen molar-refractivity contribution in [2.45, 2.75) is 20.0 Å². The van der Waals surface area contributed by atoms with Crippen LogP contribution in [0.3, 0.4) is 0 Å². The number of aliphatic hydroxyl groups is 1. The minimum absolute atomic E-state index is 0.00191. The first kappa shape index (κ1) is 11.6. The SMILES string of the molecule is CC(C)C(O)CNc1nc(N)ncc1F. The van der Waals surface area contributed by atoms with Crippen molar-refractivity contribution in [1.29, 1.82) is 0 Å². The highest BCUT2D eigenvalue weighted by Crippen LogP contribution is 2.11. The van der Waals surface area contributed by atoms with Gasteiger partial charge in [-0.15, -0.1) is 0 Å². The molecule has 0 aliphatic heterocycles. The fourth-order valence-corrected chi connectivity index (χ4v) is 0.942. The molecule has 4 N–H and O–H groups in total. The average molecular weight is 214 g/mol. The van der Waals surface area contributed by atoms with Crippen LogP contribution in [-0.2, 0) is 0 Å². The Kier molecular flexibility index (Phi) is 3.79. The number of nitrogen functional groups attached to an aromatic ring is 1. The number of hydrogen-bond acceptors (Lipinski definition) is 5. The molecule has 0 aromatic carbocycles. The molecule has 1 rings (SSSR count). The van der Waals surface area contributed by atoms with Crippen molar-refractivity contribution in [2.24, 2.45) is 5.92 Å². The monoisotopic (exact) mass is 214 g/mol. The lowest BCUT2D eigenvalue weighted by molar-refractivity contribution is 0.137. The van der Waals surface area contributed by atoms with Gasteiger partial charge >= 0.3 is 0 Å². The van der Waals surface area contributed by atoms with Crippen LogP contribution in [-0.4, -0.2) is 27.7 Å². The summed E-state index contributed by atoms with van der Waals surface area (Å²) in [5.74, 6) is -0.472. The molecule has 84 valence electrons. The van der Waals surface area contributed by atoms with Crippen molar-refractivity contribution in [2.75, 3.05) is 17.6 Å². The first-order chi connectivity index (χ1) is 7.00. The minimum Gasteiger partial charge on any atom is -0.391 e. The number of aliphatic hydroxyl groups excluding tert-OH is 1. The van der Waals surface area contributed by atoms with Crippen LogP contribution >= 0.6 is 0 Å². The maximum absolute atomic E-state index is 13.1. The average Bonchev–Trinajstić information content (AvgIpc) is 2.18. The zero-order chi connectivity index (χ0) is 11.4. The molecular formula is C9H15FN4O. The van der Waals surface area contributed by atoms with Crippen molar-refractivity contribution in [3.8, 4) is 0 Å². The van der Waals surface area contributed by atoms with E-state index in [1.54, 1.807) is 0 Å². The number of rotatable bonds is 4. The van der Waals surface area contributed by atoms with Gasteiger partial charge in [0.25, 0.3) is 0 Å². The summed E-state index contributed by atoms with van der Waals surface area (Å²) in [5, 5.41) is 12.2. The van der Waals surface area contributed by atoms with Crippen molar-refractivity contribution < 1.29 is 9.50 Å². The van der Waals surface area contributed by atoms with Gasteiger partial charge in [-0.25, -0.2) is 9.37 Å². The number of halogens is 1. The van der Waals surface area contributed by atoms with Crippen molar-refractivity contribution in [3.63, 3.8) is 0 Å². The van der Waals surface area contributed by atoms with Crippen LogP contribution in [0.4, 0.5) is 16.2 Å². The molecule has 6 heteroatoms. The number of nitrogens with zero attached hydrogens (tertiary/aromatic N) is 2. The topological polar surface area (TPSA) is 84.1 Å². The standard InChI is InChI=1S/C9H15FN4O/c1-5(2)7(15)4-12-8-6(10)3-13-9(11)14-8/h3,5,7,15H,4H2,1-2H3,(H3,11,12,13,14). The Balaban J connectivity index is 2.61. The van der Waals surface area contributed by atoms with Crippen LogP contribution in [0.2, 0.25) is 0 Å². The van der Waals surface area contributed by atoms with Crippen LogP contribution < -0.4 is 11.1 Å². The molecule has 15 heavy (non-hydrogen) atoms. The van der Waals surface area contributed by atoms with Crippen molar-refractivity contribution >= 4 is 11.8 Å². The Bertz CT molecular complexity index is 332. The van der Waals surface area contributed by atoms with E-state index in [0.717, 1.165) is 6.20 Å². The van der Waals surface area contributed by atoms with E-state index in [2.05, 4.69) is 15.3 Å². The smallest absolute Gasteiger partial charge is 0.222 e. The lowest BCUT2D eigenvalue weighted by Gasteiger charge is -2.15. The molecule has 1 heterocycles. The van der Waals surface area contributed by atoms with E-state index in [-0.39, 0.29) is 24.2 Å². The Morgan fingerprint density at radius 1 is 1.60 bits per heavy atom. The summed E-state index contributed by atoms with van der Waals surface area (Å²) in [4.78, 5) is 7.16. The van der Waals surface area contributed by atoms with Gasteiger partial charge in [0, 0.05) is 6.54 Å². The Labute approximate surface area is 87.5 Å². The second-order valence-corrected chi connectivity index (χ2v) is 3.62. The van der Waals surface area contributed by atoms with Gasteiger partial charge in [-0.05, 0) is 5.92 Å². The van der Waals surface area contributed by atoms with Crippen molar-refractivity contribution in [3.05, 3.63) is 12.0 Å². The van der Waals surface area contributed by atoms with Gasteiger partial charge in [0.05, 0.1) is 12.3 Å². The van der Waals surface area contributed by atoms with Gasteiger partial charge in [-0.2, -0.15) is 4.98 Å². The first-order valence-corrected chi connectivity index (χ1v) is 4.70. The molecular weight excluding hydrogens is 199 g/mol. The zero-order valence-electron chi connectivity index (χ0n) is 8.74. The third-order valence-electron chi connectivity index (χ3n) is 2.01. The summed E-state index contributed by atoms with van der Waals surface area (Å²) in [6.45, 7) is 3.97. The van der Waals surface area contributed by atoms with E-state index in [9.17, 15) is 9.50 Å². The van der Waals surface area contributed by atoms with Crippen LogP contribution in [0.1, 0.15) is 13.8 Å². The van der Waals surface area contributed by atoms with E-state index in [0.29, 0.717) is 0 Å². The molecule has 0 bridgehead atoms. The van der Waals surface area contributed by atoms with Crippen LogP contribution in [0.25, 0.3) is 0 Å². The predicted molar refractivity (Wildman–Crippen MR) is 55.7 cm³/mol. The summed E-state index contributed by atoms with van der Waals surface area (Å²) in [5.41, 5.74) is 5.30. The van der Waals surface area contributed by atoms with Crippen LogP contribution in [0.15, 0.2) is 6.20 Å². The molecule has 1 unspecified atom stereocenters. The number of nitrogens with two attached hydrogens (primary N) is 1. The minimum atomic E-state index is -0.583. The second-order valence-electron chi connectivity index (χ2n) is 3.62. The molecule has 1 aromatic rings. The van der Waals surface area contributed by atoms with E-state index in [1.165, 1.54) is 0 Å². The number of aromatic nitrogens is 2. The largest absolute Gasteiger partial charge is 0.391 e. The quantitative estimate of drug-likeness (QED) is 0.684. The van der Waals surface area contributed by atoms with Crippen LogP contribution in [0, 0.1) is 11.7 Å². The molecule has 1 atom stereocenters. The fourth-order valence-electron chi connectivity index (χ4n) is 0.942. The fraction of sp³-hybridized carbons (Fsp3) is 0.556. The molecule has 0 spiro atoms. The second kappa shape index (κ2) is 4.88. The van der Waals surface area contributed by atoms with Gasteiger partial charge in [0.1, 0.15) is 0 Å². The van der Waals surface area contributed by atoms with Crippen molar-refractivity contribution in [1.82, 2.24) is 9.97 Å². The molecule has 0 aliphatic carbocycles. The molecule has 1 aromatic heterocycles. The van der Waals surface area contributed by atoms with Gasteiger partial charge in [-0.3, -0.25) is 0 Å². The summed E-state index contributed by atoms with van der Waals surface area (Å²) < 4.78 is 13.1. The Morgan fingerprint density at radius 2 is 2.27 bits per heavy atom. The first-order valence-electron chi connectivity index (χ1n) is 4.70. The highest BCUT2D eigenvalue weighted by atomic mass is 19.1. The van der Waals surface area contributed by atoms with E-state index < -0.39 is 11.9 Å². The summed E-state index contributed by atoms with van der Waals surface area (Å²) in [6, 6.07) is 0. The van der Waals surface area contributed by atoms with E-state index >= 15 is 0 Å². The third kappa shape index (κ3) is 3.32. The molecule has 5 nitrogen and oxygen atoms in total. The van der Waals surface area contributed by atoms with E-state index in [4.69, 9.17) is 5.73 Å². The summed E-state index contributed by atoms with van der Waals surface area (Å²) >= 11 is 0. The number of hydrogen-bond donors (Lipinski definition) is 3. The third-order valence-corrected chi connectivity index (χ3v) is 2.01. The Morgan fingerprint density at radius 3 is 2.87 bits per heavy atom. The number of nitrogens with one attached hydrogen (secondary N) is 1.